The summed E-state index contributed by atoms with van der Waals surface area (Å²) in [6.45, 7) is 19.2. The minimum Gasteiger partial charge on any atom is -0.369 e. The first-order valence-corrected chi connectivity index (χ1v) is 13.0. The fourth-order valence-corrected chi connectivity index (χ4v) is 5.74. The van der Waals surface area contributed by atoms with Gasteiger partial charge in [0.1, 0.15) is 5.65 Å². The van der Waals surface area contributed by atoms with Gasteiger partial charge in [-0.05, 0) is 83.2 Å². The summed E-state index contributed by atoms with van der Waals surface area (Å²) in [7, 11) is 2.23. The number of nitrogens with zero attached hydrogens (tertiary/aromatic N) is 5. The first-order valence-electron chi connectivity index (χ1n) is 13.0. The van der Waals surface area contributed by atoms with Crippen LogP contribution in [0.2, 0.25) is 0 Å². The molecule has 1 aliphatic carbocycles. The van der Waals surface area contributed by atoms with Gasteiger partial charge in [0.25, 0.3) is 0 Å². The first kappa shape index (κ1) is 23.4. The third kappa shape index (κ3) is 4.73. The van der Waals surface area contributed by atoms with Gasteiger partial charge in [-0.25, -0.2) is 4.98 Å². The lowest BCUT2D eigenvalue weighted by Gasteiger charge is -2.35. The largest absolute Gasteiger partial charge is 0.369 e. The predicted molar refractivity (Wildman–Crippen MR) is 144 cm³/mol. The van der Waals surface area contributed by atoms with Crippen molar-refractivity contribution in [2.24, 2.45) is 5.92 Å². The number of fused-ring (bicyclic) bond motifs is 1. The fourth-order valence-electron chi connectivity index (χ4n) is 5.74. The Balaban J connectivity index is 1.54. The maximum Gasteiger partial charge on any atom is 0.147 e. The zero-order chi connectivity index (χ0) is 24.0. The van der Waals surface area contributed by atoms with E-state index in [0.29, 0.717) is 0 Å². The molecule has 0 bridgehead atoms. The van der Waals surface area contributed by atoms with Crippen molar-refractivity contribution in [3.05, 3.63) is 52.3 Å². The van der Waals surface area contributed by atoms with Crippen molar-refractivity contribution in [3.63, 3.8) is 0 Å². The monoisotopic (exact) mass is 459 g/mol. The number of aromatic nitrogens is 2. The summed E-state index contributed by atoms with van der Waals surface area (Å²) in [5, 5.41) is 1.32. The number of benzene rings is 1. The van der Waals surface area contributed by atoms with E-state index in [1.54, 1.807) is 0 Å². The molecule has 0 atom stereocenters. The second-order valence-corrected chi connectivity index (χ2v) is 10.9. The minimum atomic E-state index is 0.847. The molecule has 1 aromatic carbocycles. The van der Waals surface area contributed by atoms with Crippen LogP contribution in [-0.2, 0) is 0 Å². The highest BCUT2D eigenvalue weighted by molar-refractivity contribution is 5.95. The molecule has 5 nitrogen and oxygen atoms in total. The average molecular weight is 460 g/mol. The van der Waals surface area contributed by atoms with Crippen LogP contribution >= 0.6 is 0 Å². The number of pyridine rings is 1. The van der Waals surface area contributed by atoms with Crippen LogP contribution in [0.15, 0.2) is 24.4 Å². The zero-order valence-corrected chi connectivity index (χ0v) is 22.0. The van der Waals surface area contributed by atoms with E-state index in [9.17, 15) is 0 Å². The van der Waals surface area contributed by atoms with E-state index in [2.05, 4.69) is 85.3 Å². The summed E-state index contributed by atoms with van der Waals surface area (Å²) in [6.07, 6.45) is 5.06. The molecule has 2 aromatic heterocycles. The Kier molecular flexibility index (Phi) is 6.43. The molecule has 5 heteroatoms. The quantitative estimate of drug-likeness (QED) is 0.495. The summed E-state index contributed by atoms with van der Waals surface area (Å²) in [5.74, 6) is 0.847. The van der Waals surface area contributed by atoms with E-state index in [1.165, 1.54) is 84.6 Å². The fraction of sp³-hybridized carbons (Fsp3) is 0.552. The number of rotatable bonds is 7. The van der Waals surface area contributed by atoms with Gasteiger partial charge in [-0.15, -0.1) is 0 Å². The molecule has 5 rings (SSSR count). The summed E-state index contributed by atoms with van der Waals surface area (Å²) in [6, 6.07) is 6.91. The van der Waals surface area contributed by atoms with Crippen molar-refractivity contribution in [3.8, 4) is 5.69 Å². The van der Waals surface area contributed by atoms with Crippen LogP contribution in [-0.4, -0.2) is 72.2 Å². The average Bonchev–Trinajstić information content (AvgIpc) is 3.54. The number of aryl methyl sites for hydroxylation is 5. The molecule has 0 unspecified atom stereocenters. The van der Waals surface area contributed by atoms with E-state index < -0.39 is 0 Å². The molecular formula is C29H41N5. The molecular weight excluding hydrogens is 418 g/mol. The van der Waals surface area contributed by atoms with Gasteiger partial charge in [0.15, 0.2) is 0 Å². The van der Waals surface area contributed by atoms with Gasteiger partial charge in [-0.2, -0.15) is 0 Å². The van der Waals surface area contributed by atoms with E-state index in [1.807, 2.05) is 0 Å². The molecule has 3 heterocycles. The summed E-state index contributed by atoms with van der Waals surface area (Å²) < 4.78 is 2.35. The summed E-state index contributed by atoms with van der Waals surface area (Å²) in [4.78, 5) is 12.9. The molecule has 1 saturated carbocycles. The molecule has 0 spiro atoms. The minimum absolute atomic E-state index is 0.847. The van der Waals surface area contributed by atoms with Crippen molar-refractivity contribution < 1.29 is 0 Å². The molecule has 0 amide bonds. The van der Waals surface area contributed by atoms with Crippen molar-refractivity contribution >= 4 is 16.7 Å². The van der Waals surface area contributed by atoms with Gasteiger partial charge in [0.05, 0.1) is 5.69 Å². The topological polar surface area (TPSA) is 27.5 Å². The van der Waals surface area contributed by atoms with E-state index in [4.69, 9.17) is 4.98 Å². The van der Waals surface area contributed by atoms with Crippen molar-refractivity contribution in [1.82, 2.24) is 19.4 Å². The number of likely N-dealkylation sites (N-methyl/N-ethyl adjacent to an activating group) is 1. The highest BCUT2D eigenvalue weighted by Gasteiger charge is 2.27. The Morgan fingerprint density at radius 2 is 1.59 bits per heavy atom. The third-order valence-electron chi connectivity index (χ3n) is 7.73. The number of anilines is 1. The number of hydrogen-bond donors (Lipinski definition) is 0. The smallest absolute Gasteiger partial charge is 0.147 e. The second kappa shape index (κ2) is 9.35. The maximum atomic E-state index is 5.09. The van der Waals surface area contributed by atoms with Crippen LogP contribution in [0, 0.1) is 40.5 Å². The van der Waals surface area contributed by atoms with Gasteiger partial charge in [0, 0.05) is 68.8 Å². The van der Waals surface area contributed by atoms with Crippen LogP contribution in [0.3, 0.4) is 0 Å². The Hall–Kier alpha value is -2.37. The lowest BCUT2D eigenvalue weighted by atomic mass is 10.1. The molecule has 2 fully saturated rings. The normalized spacial score (nSPS) is 17.6. The highest BCUT2D eigenvalue weighted by Crippen LogP contribution is 2.37. The van der Waals surface area contributed by atoms with Crippen molar-refractivity contribution in [2.75, 3.05) is 57.8 Å². The standard InChI is InChI=1S/C29H41N5/c1-20-15-21(2)28(22(3)16-20)34-18-23(4)27-26(17-24(5)30-29(27)34)33(19-25-7-8-25)14-13-32-11-9-31(6)10-12-32/h15-18,25H,7-14,19H2,1-6H3. The molecule has 0 N–H and O–H groups in total. The predicted octanol–water partition coefficient (Wildman–Crippen LogP) is 5.03. The summed E-state index contributed by atoms with van der Waals surface area (Å²) in [5.41, 5.74) is 10.1. The molecule has 34 heavy (non-hydrogen) atoms. The van der Waals surface area contributed by atoms with Gasteiger partial charge < -0.3 is 14.4 Å². The molecule has 182 valence electrons. The summed E-state index contributed by atoms with van der Waals surface area (Å²) >= 11 is 0. The van der Waals surface area contributed by atoms with Crippen molar-refractivity contribution in [2.45, 2.75) is 47.5 Å². The van der Waals surface area contributed by atoms with Gasteiger partial charge in [-0.1, -0.05) is 17.7 Å². The van der Waals surface area contributed by atoms with Crippen LogP contribution in [0.25, 0.3) is 16.7 Å². The van der Waals surface area contributed by atoms with Crippen LogP contribution < -0.4 is 4.90 Å². The Morgan fingerprint density at radius 1 is 0.912 bits per heavy atom. The van der Waals surface area contributed by atoms with Crippen LogP contribution in [0.4, 0.5) is 5.69 Å². The number of piperazine rings is 1. The van der Waals surface area contributed by atoms with Crippen LogP contribution in [0.1, 0.15) is 40.8 Å². The lowest BCUT2D eigenvalue weighted by Crippen LogP contribution is -2.47. The second-order valence-electron chi connectivity index (χ2n) is 10.9. The Labute approximate surface area is 205 Å². The van der Waals surface area contributed by atoms with Gasteiger partial charge >= 0.3 is 0 Å². The van der Waals surface area contributed by atoms with E-state index in [-0.39, 0.29) is 0 Å². The molecule has 1 aliphatic heterocycles. The lowest BCUT2D eigenvalue weighted by molar-refractivity contribution is 0.156. The maximum absolute atomic E-state index is 5.09. The Bertz CT molecular complexity index is 1160. The van der Waals surface area contributed by atoms with Gasteiger partial charge in [0.2, 0.25) is 0 Å². The van der Waals surface area contributed by atoms with E-state index in [0.717, 1.165) is 30.3 Å². The molecule has 0 radical (unpaired) electrons. The molecule has 2 aliphatic rings. The van der Waals surface area contributed by atoms with Crippen molar-refractivity contribution in [1.29, 1.82) is 0 Å². The third-order valence-corrected chi connectivity index (χ3v) is 7.73. The highest BCUT2D eigenvalue weighted by atomic mass is 15.3. The van der Waals surface area contributed by atoms with Gasteiger partial charge in [-0.3, -0.25) is 4.90 Å². The first-order chi connectivity index (χ1) is 16.3. The molecule has 1 saturated heterocycles. The molecule has 3 aromatic rings. The zero-order valence-electron chi connectivity index (χ0n) is 22.0. The van der Waals surface area contributed by atoms with E-state index >= 15 is 0 Å². The van der Waals surface area contributed by atoms with Crippen LogP contribution in [0.5, 0.6) is 0 Å². The Morgan fingerprint density at radius 3 is 2.24 bits per heavy atom. The number of hydrogen-bond acceptors (Lipinski definition) is 4. The SMILES string of the molecule is Cc1cc(C)c(-n2cc(C)c3c(N(CCN4CCN(C)CC4)CC4CC4)cc(C)nc32)c(C)c1.